The number of alkyl halides is 3. The second-order valence-corrected chi connectivity index (χ2v) is 7.06. The van der Waals surface area contributed by atoms with Crippen LogP contribution >= 0.6 is 11.8 Å². The first-order chi connectivity index (χ1) is 12.3. The number of aromatic nitrogens is 1. The molecule has 0 saturated carbocycles. The summed E-state index contributed by atoms with van der Waals surface area (Å²) in [6.07, 6.45) is -3.65. The summed E-state index contributed by atoms with van der Waals surface area (Å²) in [6.45, 7) is 1.68. The van der Waals surface area contributed by atoms with Gasteiger partial charge in [-0.25, -0.2) is 4.98 Å². The van der Waals surface area contributed by atoms with E-state index in [1.165, 1.54) is 6.07 Å². The van der Waals surface area contributed by atoms with Crippen molar-refractivity contribution in [3.05, 3.63) is 66.4 Å². The Morgan fingerprint density at radius 2 is 1.81 bits per heavy atom. The number of nitrogens with one attached hydrogen (secondary N) is 1. The van der Waals surface area contributed by atoms with E-state index in [0.717, 1.165) is 34.8 Å². The molecule has 0 aliphatic carbocycles. The summed E-state index contributed by atoms with van der Waals surface area (Å²) in [4.78, 5) is 16.1. The standard InChI is InChI=1S/C19H15F3N2OS/c1-12(26-17-9-7-15(11-23-17)19(20,21)22)18(25)24-16-8-6-13-4-2-3-5-14(13)10-16/h2-12H,1H3,(H,24,25). The predicted octanol–water partition coefficient (Wildman–Crippen LogP) is 5.37. The number of hydrogen-bond donors (Lipinski definition) is 1. The molecular weight excluding hydrogens is 361 g/mol. The highest BCUT2D eigenvalue weighted by Gasteiger charge is 2.30. The van der Waals surface area contributed by atoms with Gasteiger partial charge in [-0.05, 0) is 42.0 Å². The highest BCUT2D eigenvalue weighted by molar-refractivity contribution is 8.00. The summed E-state index contributed by atoms with van der Waals surface area (Å²) in [5, 5.41) is 4.75. The minimum Gasteiger partial charge on any atom is -0.325 e. The normalized spacial score (nSPS) is 12.8. The number of pyridine rings is 1. The summed E-state index contributed by atoms with van der Waals surface area (Å²) in [6, 6.07) is 15.6. The zero-order chi connectivity index (χ0) is 18.7. The summed E-state index contributed by atoms with van der Waals surface area (Å²) in [5.41, 5.74) is -0.142. The van der Waals surface area contributed by atoms with Crippen molar-refractivity contribution in [2.24, 2.45) is 0 Å². The van der Waals surface area contributed by atoms with Crippen LogP contribution in [0.3, 0.4) is 0 Å². The number of rotatable bonds is 4. The number of benzene rings is 2. The van der Waals surface area contributed by atoms with E-state index in [4.69, 9.17) is 0 Å². The Balaban J connectivity index is 1.65. The lowest BCUT2D eigenvalue weighted by Crippen LogP contribution is -2.22. The van der Waals surface area contributed by atoms with Crippen molar-refractivity contribution in [2.75, 3.05) is 5.32 Å². The van der Waals surface area contributed by atoms with Crippen LogP contribution in [-0.4, -0.2) is 16.1 Å². The van der Waals surface area contributed by atoms with E-state index in [0.29, 0.717) is 10.7 Å². The number of fused-ring (bicyclic) bond motifs is 1. The summed E-state index contributed by atoms with van der Waals surface area (Å²) in [5.74, 6) is -0.244. The van der Waals surface area contributed by atoms with E-state index < -0.39 is 17.0 Å². The zero-order valence-corrected chi connectivity index (χ0v) is 14.6. The van der Waals surface area contributed by atoms with Crippen molar-refractivity contribution >= 4 is 34.1 Å². The van der Waals surface area contributed by atoms with Crippen molar-refractivity contribution in [3.63, 3.8) is 0 Å². The van der Waals surface area contributed by atoms with Gasteiger partial charge in [-0.3, -0.25) is 4.79 Å². The zero-order valence-electron chi connectivity index (χ0n) is 13.7. The monoisotopic (exact) mass is 376 g/mol. The smallest absolute Gasteiger partial charge is 0.325 e. The van der Waals surface area contributed by atoms with Gasteiger partial charge in [0.15, 0.2) is 0 Å². The molecule has 26 heavy (non-hydrogen) atoms. The Labute approximate surface area is 152 Å². The molecule has 134 valence electrons. The molecule has 0 radical (unpaired) electrons. The van der Waals surface area contributed by atoms with Crippen LogP contribution in [0.4, 0.5) is 18.9 Å². The fourth-order valence-corrected chi connectivity index (χ4v) is 3.15. The predicted molar refractivity (Wildman–Crippen MR) is 97.1 cm³/mol. The minimum atomic E-state index is -4.42. The number of thioether (sulfide) groups is 1. The van der Waals surface area contributed by atoms with Crippen LogP contribution in [0.2, 0.25) is 0 Å². The van der Waals surface area contributed by atoms with Crippen LogP contribution in [0.15, 0.2) is 65.8 Å². The van der Waals surface area contributed by atoms with Crippen LogP contribution in [0.5, 0.6) is 0 Å². The molecule has 0 bridgehead atoms. The minimum absolute atomic E-state index is 0.244. The molecule has 1 unspecified atom stereocenters. The van der Waals surface area contributed by atoms with Gasteiger partial charge in [-0.1, -0.05) is 42.1 Å². The lowest BCUT2D eigenvalue weighted by molar-refractivity contribution is -0.137. The van der Waals surface area contributed by atoms with E-state index in [2.05, 4.69) is 10.3 Å². The molecular formula is C19H15F3N2OS. The second kappa shape index (κ2) is 7.37. The number of amides is 1. The molecule has 3 rings (SSSR count). The van der Waals surface area contributed by atoms with Gasteiger partial charge in [0.2, 0.25) is 5.91 Å². The molecule has 1 amide bonds. The van der Waals surface area contributed by atoms with Crippen LogP contribution in [0, 0.1) is 0 Å². The van der Waals surface area contributed by atoms with Crippen LogP contribution in [0.1, 0.15) is 12.5 Å². The Bertz CT molecular complexity index is 926. The van der Waals surface area contributed by atoms with Gasteiger partial charge >= 0.3 is 6.18 Å². The number of halogens is 3. The van der Waals surface area contributed by atoms with Crippen LogP contribution in [-0.2, 0) is 11.0 Å². The van der Waals surface area contributed by atoms with Gasteiger partial charge in [0.1, 0.15) is 0 Å². The molecule has 2 aromatic carbocycles. The Morgan fingerprint density at radius 1 is 1.08 bits per heavy atom. The third-order valence-electron chi connectivity index (χ3n) is 3.75. The maximum Gasteiger partial charge on any atom is 0.417 e. The Kier molecular flexibility index (Phi) is 5.18. The third kappa shape index (κ3) is 4.35. The highest BCUT2D eigenvalue weighted by atomic mass is 32.2. The third-order valence-corrected chi connectivity index (χ3v) is 4.80. The molecule has 3 nitrogen and oxygen atoms in total. The number of nitrogens with zero attached hydrogens (tertiary/aromatic N) is 1. The van der Waals surface area contributed by atoms with E-state index in [1.54, 1.807) is 6.92 Å². The first-order valence-corrected chi connectivity index (χ1v) is 8.70. The first kappa shape index (κ1) is 18.3. The molecule has 0 spiro atoms. The van der Waals surface area contributed by atoms with E-state index in [-0.39, 0.29) is 5.91 Å². The number of anilines is 1. The molecule has 0 saturated heterocycles. The van der Waals surface area contributed by atoms with Crippen molar-refractivity contribution in [3.8, 4) is 0 Å². The first-order valence-electron chi connectivity index (χ1n) is 7.82. The number of carbonyl (C=O) groups excluding carboxylic acids is 1. The summed E-state index contributed by atoms with van der Waals surface area (Å²) >= 11 is 1.10. The van der Waals surface area contributed by atoms with Gasteiger partial charge in [0.25, 0.3) is 0 Å². The molecule has 3 aromatic rings. The topological polar surface area (TPSA) is 42.0 Å². The number of hydrogen-bond acceptors (Lipinski definition) is 3. The summed E-state index contributed by atoms with van der Waals surface area (Å²) < 4.78 is 37.7. The average Bonchev–Trinajstić information content (AvgIpc) is 2.61. The molecule has 1 heterocycles. The van der Waals surface area contributed by atoms with Gasteiger partial charge < -0.3 is 5.32 Å². The molecule has 1 aromatic heterocycles. The van der Waals surface area contributed by atoms with Gasteiger partial charge in [-0.15, -0.1) is 0 Å². The molecule has 1 N–H and O–H groups in total. The van der Waals surface area contributed by atoms with Crippen molar-refractivity contribution < 1.29 is 18.0 Å². The van der Waals surface area contributed by atoms with E-state index >= 15 is 0 Å². The highest BCUT2D eigenvalue weighted by Crippen LogP contribution is 2.30. The fourth-order valence-electron chi connectivity index (χ4n) is 2.36. The molecule has 0 aliphatic heterocycles. The fraction of sp³-hybridized carbons (Fsp3) is 0.158. The van der Waals surface area contributed by atoms with Gasteiger partial charge in [0.05, 0.1) is 15.8 Å². The largest absolute Gasteiger partial charge is 0.417 e. The lowest BCUT2D eigenvalue weighted by Gasteiger charge is -2.13. The van der Waals surface area contributed by atoms with Crippen LogP contribution in [0.25, 0.3) is 10.8 Å². The molecule has 0 fully saturated rings. The average molecular weight is 376 g/mol. The maximum absolute atomic E-state index is 12.6. The second-order valence-electron chi connectivity index (χ2n) is 5.69. The van der Waals surface area contributed by atoms with Gasteiger partial charge in [0, 0.05) is 11.9 Å². The van der Waals surface area contributed by atoms with Crippen molar-refractivity contribution in [1.82, 2.24) is 4.98 Å². The summed E-state index contributed by atoms with van der Waals surface area (Å²) in [7, 11) is 0. The molecule has 0 aliphatic rings. The van der Waals surface area contributed by atoms with Crippen LogP contribution < -0.4 is 5.32 Å². The Morgan fingerprint density at radius 3 is 2.46 bits per heavy atom. The van der Waals surface area contributed by atoms with E-state index in [9.17, 15) is 18.0 Å². The number of carbonyl (C=O) groups is 1. The van der Waals surface area contributed by atoms with Crippen molar-refractivity contribution in [1.29, 1.82) is 0 Å². The van der Waals surface area contributed by atoms with Gasteiger partial charge in [-0.2, -0.15) is 13.2 Å². The SMILES string of the molecule is CC(Sc1ccc(C(F)(F)F)cn1)C(=O)Nc1ccc2ccccc2c1. The quantitative estimate of drug-likeness (QED) is 0.622. The Hall–Kier alpha value is -2.54. The van der Waals surface area contributed by atoms with E-state index in [1.807, 2.05) is 42.5 Å². The molecule has 7 heteroatoms. The maximum atomic E-state index is 12.6. The van der Waals surface area contributed by atoms with Crippen molar-refractivity contribution in [2.45, 2.75) is 23.4 Å². The lowest BCUT2D eigenvalue weighted by atomic mass is 10.1. The molecule has 1 atom stereocenters.